The van der Waals surface area contributed by atoms with E-state index in [1.54, 1.807) is 0 Å². The zero-order valence-electron chi connectivity index (χ0n) is 8.13. The van der Waals surface area contributed by atoms with Gasteiger partial charge in [0.2, 0.25) is 0 Å². The minimum atomic E-state index is 1.13. The lowest BCUT2D eigenvalue weighted by Gasteiger charge is -2.29. The Morgan fingerprint density at radius 1 is 1.38 bits per heavy atom. The van der Waals surface area contributed by atoms with Crippen molar-refractivity contribution >= 4 is 0 Å². The van der Waals surface area contributed by atoms with Gasteiger partial charge in [-0.2, -0.15) is 0 Å². The molecule has 2 aliphatic rings. The average molecular weight is 178 g/mol. The second-order valence-electron chi connectivity index (χ2n) is 3.36. The van der Waals surface area contributed by atoms with Crippen LogP contribution >= 0.6 is 0 Å². The summed E-state index contributed by atoms with van der Waals surface area (Å²) < 4.78 is 0. The maximum atomic E-state index is 3.09. The highest BCUT2D eigenvalue weighted by molar-refractivity contribution is 5.35. The van der Waals surface area contributed by atoms with Crippen LogP contribution in [0.1, 0.15) is 6.92 Å². The number of hydrogen-bond donors (Lipinski definition) is 2. The van der Waals surface area contributed by atoms with Gasteiger partial charge in [0.25, 0.3) is 0 Å². The molecule has 0 aromatic rings. The first-order chi connectivity index (χ1) is 6.20. The van der Waals surface area contributed by atoms with Gasteiger partial charge in [0.15, 0.2) is 0 Å². The van der Waals surface area contributed by atoms with Crippen LogP contribution in [0.4, 0.5) is 0 Å². The van der Waals surface area contributed by atoms with Crippen LogP contribution in [0, 0.1) is 0 Å². The molecule has 0 atom stereocenters. The van der Waals surface area contributed by atoms with E-state index in [9.17, 15) is 0 Å². The summed E-state index contributed by atoms with van der Waals surface area (Å²) in [4.78, 5) is 2.07. The molecule has 0 aliphatic carbocycles. The van der Waals surface area contributed by atoms with Crippen molar-refractivity contribution in [3.8, 4) is 0 Å². The standard InChI is InChI=1S/C9H14N4/c1-7-8-5-4-6-9(12(2)3)13(8)11-10-7/h4-6,10-11H,1-3H3. The molecule has 0 radical (unpaired) electrons. The van der Waals surface area contributed by atoms with Crippen LogP contribution in [0.25, 0.3) is 0 Å². The Hall–Kier alpha value is -1.42. The van der Waals surface area contributed by atoms with Gasteiger partial charge in [-0.25, -0.2) is 5.01 Å². The minimum Gasteiger partial charge on any atom is -0.363 e. The zero-order valence-corrected chi connectivity index (χ0v) is 8.13. The highest BCUT2D eigenvalue weighted by Crippen LogP contribution is 2.22. The van der Waals surface area contributed by atoms with Crippen LogP contribution in [-0.4, -0.2) is 24.0 Å². The summed E-state index contributed by atoms with van der Waals surface area (Å²) in [5, 5.41) is 2.02. The third kappa shape index (κ3) is 1.19. The smallest absolute Gasteiger partial charge is 0.125 e. The molecule has 0 aromatic heterocycles. The Kier molecular flexibility index (Phi) is 1.77. The molecule has 2 rings (SSSR count). The summed E-state index contributed by atoms with van der Waals surface area (Å²) in [6, 6.07) is 0. The van der Waals surface area contributed by atoms with Crippen molar-refractivity contribution in [1.82, 2.24) is 20.9 Å². The fourth-order valence-corrected chi connectivity index (χ4v) is 1.46. The molecule has 2 N–H and O–H groups in total. The van der Waals surface area contributed by atoms with Crippen LogP contribution in [-0.2, 0) is 0 Å². The summed E-state index contributed by atoms with van der Waals surface area (Å²) >= 11 is 0. The van der Waals surface area contributed by atoms with Gasteiger partial charge in [-0.3, -0.25) is 0 Å². The third-order valence-corrected chi connectivity index (χ3v) is 2.17. The normalized spacial score (nSPS) is 19.9. The van der Waals surface area contributed by atoms with Crippen LogP contribution in [0.3, 0.4) is 0 Å². The molecular weight excluding hydrogens is 164 g/mol. The highest BCUT2D eigenvalue weighted by atomic mass is 15.7. The van der Waals surface area contributed by atoms with Crippen molar-refractivity contribution in [3.05, 3.63) is 35.4 Å². The van der Waals surface area contributed by atoms with Crippen molar-refractivity contribution in [2.45, 2.75) is 6.92 Å². The van der Waals surface area contributed by atoms with E-state index in [0.29, 0.717) is 0 Å². The SMILES string of the molecule is CC1=C2C=CC=C(N(C)C)N2NN1. The second-order valence-corrected chi connectivity index (χ2v) is 3.36. The van der Waals surface area contributed by atoms with Crippen LogP contribution in [0.5, 0.6) is 0 Å². The Morgan fingerprint density at radius 2 is 2.15 bits per heavy atom. The van der Waals surface area contributed by atoms with Crippen LogP contribution in [0.2, 0.25) is 0 Å². The van der Waals surface area contributed by atoms with E-state index in [0.717, 1.165) is 11.5 Å². The summed E-state index contributed by atoms with van der Waals surface area (Å²) in [7, 11) is 4.05. The fourth-order valence-electron chi connectivity index (χ4n) is 1.46. The molecule has 4 heteroatoms. The number of nitrogens with one attached hydrogen (secondary N) is 2. The van der Waals surface area contributed by atoms with E-state index < -0.39 is 0 Å². The monoisotopic (exact) mass is 178 g/mol. The van der Waals surface area contributed by atoms with E-state index >= 15 is 0 Å². The highest BCUT2D eigenvalue weighted by Gasteiger charge is 2.23. The zero-order chi connectivity index (χ0) is 9.42. The van der Waals surface area contributed by atoms with Crippen molar-refractivity contribution < 1.29 is 0 Å². The van der Waals surface area contributed by atoms with Gasteiger partial charge in [-0.1, -0.05) is 6.08 Å². The average Bonchev–Trinajstić information content (AvgIpc) is 2.48. The molecule has 0 saturated carbocycles. The van der Waals surface area contributed by atoms with Crippen LogP contribution in [0.15, 0.2) is 35.4 Å². The van der Waals surface area contributed by atoms with Gasteiger partial charge in [0.1, 0.15) is 5.82 Å². The fraction of sp³-hybridized carbons (Fsp3) is 0.333. The second kappa shape index (κ2) is 2.81. The molecule has 2 aliphatic heterocycles. The first kappa shape index (κ1) is 8.19. The van der Waals surface area contributed by atoms with E-state index in [2.05, 4.69) is 34.1 Å². The molecular formula is C9H14N4. The first-order valence-electron chi connectivity index (χ1n) is 4.28. The maximum Gasteiger partial charge on any atom is 0.125 e. The quantitative estimate of drug-likeness (QED) is 0.612. The van der Waals surface area contributed by atoms with Gasteiger partial charge in [0, 0.05) is 14.1 Å². The number of allylic oxidation sites excluding steroid dienone is 4. The lowest BCUT2D eigenvalue weighted by molar-refractivity contribution is 0.242. The van der Waals surface area contributed by atoms with Crippen LogP contribution < -0.4 is 11.0 Å². The Bertz CT molecular complexity index is 312. The van der Waals surface area contributed by atoms with E-state index in [1.165, 1.54) is 5.70 Å². The molecule has 0 aromatic carbocycles. The van der Waals surface area contributed by atoms with E-state index in [1.807, 2.05) is 26.0 Å². The lowest BCUT2D eigenvalue weighted by Crippen LogP contribution is -2.41. The molecule has 0 spiro atoms. The number of hydrazine groups is 2. The number of fused-ring (bicyclic) bond motifs is 1. The first-order valence-corrected chi connectivity index (χ1v) is 4.28. The molecule has 2 heterocycles. The van der Waals surface area contributed by atoms with Gasteiger partial charge in [0.05, 0.1) is 11.4 Å². The van der Waals surface area contributed by atoms with Crippen molar-refractivity contribution in [3.63, 3.8) is 0 Å². The molecule has 0 unspecified atom stereocenters. The molecule has 70 valence electrons. The van der Waals surface area contributed by atoms with Crippen molar-refractivity contribution in [2.24, 2.45) is 0 Å². The van der Waals surface area contributed by atoms with Gasteiger partial charge in [-0.15, -0.1) is 5.53 Å². The summed E-state index contributed by atoms with van der Waals surface area (Å²) in [5.41, 5.74) is 8.49. The van der Waals surface area contributed by atoms with Crippen molar-refractivity contribution in [1.29, 1.82) is 0 Å². The number of rotatable bonds is 1. The third-order valence-electron chi connectivity index (χ3n) is 2.17. The van der Waals surface area contributed by atoms with Gasteiger partial charge in [-0.05, 0) is 19.1 Å². The lowest BCUT2D eigenvalue weighted by atomic mass is 10.2. The molecule has 0 bridgehead atoms. The molecule has 13 heavy (non-hydrogen) atoms. The molecule has 0 saturated heterocycles. The van der Waals surface area contributed by atoms with E-state index in [-0.39, 0.29) is 0 Å². The summed E-state index contributed by atoms with van der Waals surface area (Å²) in [6.07, 6.45) is 6.20. The Balaban J connectivity index is 2.35. The minimum absolute atomic E-state index is 1.13. The number of nitrogens with zero attached hydrogens (tertiary/aromatic N) is 2. The molecule has 0 amide bonds. The van der Waals surface area contributed by atoms with Crippen molar-refractivity contribution in [2.75, 3.05) is 14.1 Å². The van der Waals surface area contributed by atoms with Gasteiger partial charge >= 0.3 is 0 Å². The molecule has 0 fully saturated rings. The van der Waals surface area contributed by atoms with Gasteiger partial charge < -0.3 is 10.3 Å². The Labute approximate surface area is 78.1 Å². The maximum absolute atomic E-state index is 3.09. The number of hydrogen-bond acceptors (Lipinski definition) is 4. The van der Waals surface area contributed by atoms with E-state index in [4.69, 9.17) is 0 Å². The Morgan fingerprint density at radius 3 is 2.85 bits per heavy atom. The topological polar surface area (TPSA) is 30.5 Å². The summed E-state index contributed by atoms with van der Waals surface area (Å²) in [6.45, 7) is 2.05. The predicted molar refractivity (Wildman–Crippen MR) is 51.7 cm³/mol. The molecule has 4 nitrogen and oxygen atoms in total. The predicted octanol–water partition coefficient (Wildman–Crippen LogP) is 0.515. The summed E-state index contributed by atoms with van der Waals surface area (Å²) in [5.74, 6) is 1.13. The largest absolute Gasteiger partial charge is 0.363 e.